The van der Waals surface area contributed by atoms with Gasteiger partial charge in [-0.2, -0.15) is 0 Å². The van der Waals surface area contributed by atoms with Crippen LogP contribution < -0.4 is 19.1 Å². The maximum absolute atomic E-state index is 12.2. The van der Waals surface area contributed by atoms with Crippen molar-refractivity contribution in [2.75, 3.05) is 36.6 Å². The van der Waals surface area contributed by atoms with Crippen LogP contribution >= 0.6 is 0 Å². The lowest BCUT2D eigenvalue weighted by Gasteiger charge is -2.22. The maximum Gasteiger partial charge on any atom is 0.232 e. The van der Waals surface area contributed by atoms with Gasteiger partial charge in [0, 0.05) is 24.7 Å². The van der Waals surface area contributed by atoms with Crippen molar-refractivity contribution >= 4 is 27.3 Å². The van der Waals surface area contributed by atoms with E-state index in [0.29, 0.717) is 22.9 Å². The number of hydrogen-bond acceptors (Lipinski definition) is 5. The van der Waals surface area contributed by atoms with Gasteiger partial charge < -0.3 is 14.8 Å². The van der Waals surface area contributed by atoms with Crippen molar-refractivity contribution in [1.82, 2.24) is 0 Å². The third-order valence-corrected chi connectivity index (χ3v) is 4.85. The standard InChI is InChI=1S/C18H22N2O5S/c1-24-16-10-9-14(13-17(16)25-2)19-18(21)11-12-20(26(3,22)23)15-7-5-4-6-8-15/h4-10,13H,11-12H2,1-3H3,(H,19,21). The summed E-state index contributed by atoms with van der Waals surface area (Å²) in [6.45, 7) is 0.0436. The smallest absolute Gasteiger partial charge is 0.232 e. The fraction of sp³-hybridized carbons (Fsp3) is 0.278. The maximum atomic E-state index is 12.2. The minimum Gasteiger partial charge on any atom is -0.493 e. The molecule has 8 heteroatoms. The summed E-state index contributed by atoms with van der Waals surface area (Å²) in [7, 11) is -0.455. The summed E-state index contributed by atoms with van der Waals surface area (Å²) >= 11 is 0. The molecule has 0 atom stereocenters. The van der Waals surface area contributed by atoms with Crippen molar-refractivity contribution in [3.63, 3.8) is 0 Å². The highest BCUT2D eigenvalue weighted by Crippen LogP contribution is 2.29. The van der Waals surface area contributed by atoms with Crippen LogP contribution in [0.1, 0.15) is 6.42 Å². The monoisotopic (exact) mass is 378 g/mol. The van der Waals surface area contributed by atoms with E-state index in [1.54, 1.807) is 48.5 Å². The zero-order valence-electron chi connectivity index (χ0n) is 14.9. The predicted octanol–water partition coefficient (Wildman–Crippen LogP) is 2.50. The first-order valence-corrected chi connectivity index (χ1v) is 9.74. The van der Waals surface area contributed by atoms with Gasteiger partial charge in [-0.1, -0.05) is 18.2 Å². The van der Waals surface area contributed by atoms with E-state index in [4.69, 9.17) is 9.47 Å². The molecule has 0 unspecified atom stereocenters. The Balaban J connectivity index is 2.05. The largest absolute Gasteiger partial charge is 0.493 e. The number of carbonyl (C=O) groups is 1. The number of para-hydroxylation sites is 1. The van der Waals surface area contributed by atoms with Crippen molar-refractivity contribution in [3.05, 3.63) is 48.5 Å². The summed E-state index contributed by atoms with van der Waals surface area (Å²) in [6, 6.07) is 13.7. The Hall–Kier alpha value is -2.74. The summed E-state index contributed by atoms with van der Waals surface area (Å²) in [5.41, 5.74) is 1.06. The SMILES string of the molecule is COc1ccc(NC(=O)CCN(c2ccccc2)S(C)(=O)=O)cc1OC. The molecule has 0 bridgehead atoms. The third-order valence-electron chi connectivity index (χ3n) is 3.65. The second-order valence-corrected chi connectivity index (χ2v) is 7.45. The van der Waals surface area contributed by atoms with Gasteiger partial charge in [0.1, 0.15) is 0 Å². The highest BCUT2D eigenvalue weighted by Gasteiger charge is 2.18. The summed E-state index contributed by atoms with van der Waals surface area (Å²) in [6.07, 6.45) is 1.13. The minimum absolute atomic E-state index is 0.0102. The molecule has 2 rings (SSSR count). The van der Waals surface area contributed by atoms with Gasteiger partial charge in [-0.05, 0) is 24.3 Å². The molecule has 0 aromatic heterocycles. The van der Waals surface area contributed by atoms with Crippen LogP contribution in [0.4, 0.5) is 11.4 Å². The molecule has 0 aliphatic heterocycles. The molecule has 1 amide bonds. The van der Waals surface area contributed by atoms with Crippen molar-refractivity contribution in [2.24, 2.45) is 0 Å². The van der Waals surface area contributed by atoms with Gasteiger partial charge in [-0.3, -0.25) is 9.10 Å². The Morgan fingerprint density at radius 1 is 1.04 bits per heavy atom. The average Bonchev–Trinajstić information content (AvgIpc) is 2.61. The highest BCUT2D eigenvalue weighted by molar-refractivity contribution is 7.92. The number of carbonyl (C=O) groups excluding carboxylic acids is 1. The quantitative estimate of drug-likeness (QED) is 0.763. The molecule has 0 aliphatic carbocycles. The number of benzene rings is 2. The first-order valence-electron chi connectivity index (χ1n) is 7.90. The Morgan fingerprint density at radius 2 is 1.69 bits per heavy atom. The Kier molecular flexibility index (Phi) is 6.46. The Labute approximate surface area is 153 Å². The number of methoxy groups -OCH3 is 2. The van der Waals surface area contributed by atoms with Crippen LogP contribution in [0.2, 0.25) is 0 Å². The molecule has 2 aromatic rings. The molecule has 0 saturated carbocycles. The fourth-order valence-corrected chi connectivity index (χ4v) is 3.35. The highest BCUT2D eigenvalue weighted by atomic mass is 32.2. The second kappa shape index (κ2) is 8.57. The van der Waals surface area contributed by atoms with Gasteiger partial charge in [0.2, 0.25) is 15.9 Å². The molecule has 0 spiro atoms. The molecule has 7 nitrogen and oxygen atoms in total. The first kappa shape index (κ1) is 19.6. The number of sulfonamides is 1. The van der Waals surface area contributed by atoms with Gasteiger partial charge in [-0.15, -0.1) is 0 Å². The normalized spacial score (nSPS) is 10.9. The van der Waals surface area contributed by atoms with E-state index in [0.717, 1.165) is 6.26 Å². The third kappa shape index (κ3) is 5.13. The Bertz CT molecular complexity index is 853. The molecule has 0 fully saturated rings. The van der Waals surface area contributed by atoms with Crippen LogP contribution in [0, 0.1) is 0 Å². The van der Waals surface area contributed by atoms with Crippen LogP contribution in [0.15, 0.2) is 48.5 Å². The van der Waals surface area contributed by atoms with E-state index < -0.39 is 10.0 Å². The van der Waals surface area contributed by atoms with Gasteiger partial charge in [0.15, 0.2) is 11.5 Å². The number of hydrogen-bond donors (Lipinski definition) is 1. The average molecular weight is 378 g/mol. The number of rotatable bonds is 8. The zero-order chi connectivity index (χ0) is 19.2. The van der Waals surface area contributed by atoms with Crippen LogP contribution in [0.25, 0.3) is 0 Å². The minimum atomic E-state index is -3.49. The van der Waals surface area contributed by atoms with Crippen molar-refractivity contribution in [3.8, 4) is 11.5 Å². The summed E-state index contributed by atoms with van der Waals surface area (Å²) in [4.78, 5) is 12.2. The van der Waals surface area contributed by atoms with E-state index >= 15 is 0 Å². The van der Waals surface area contributed by atoms with Gasteiger partial charge in [0.05, 0.1) is 26.2 Å². The summed E-state index contributed by atoms with van der Waals surface area (Å²) in [5.74, 6) is 0.743. The number of nitrogens with one attached hydrogen (secondary N) is 1. The van der Waals surface area contributed by atoms with Crippen molar-refractivity contribution in [2.45, 2.75) is 6.42 Å². The number of anilines is 2. The number of amides is 1. The van der Waals surface area contributed by atoms with E-state index in [9.17, 15) is 13.2 Å². The van der Waals surface area contributed by atoms with Gasteiger partial charge >= 0.3 is 0 Å². The fourth-order valence-electron chi connectivity index (χ4n) is 2.42. The summed E-state index contributed by atoms with van der Waals surface area (Å²) in [5, 5.41) is 2.73. The van der Waals surface area contributed by atoms with Crippen molar-refractivity contribution in [1.29, 1.82) is 0 Å². The van der Waals surface area contributed by atoms with E-state index in [1.807, 2.05) is 0 Å². The second-order valence-electron chi connectivity index (χ2n) is 5.54. The lowest BCUT2D eigenvalue weighted by molar-refractivity contribution is -0.116. The molecular formula is C18H22N2O5S. The van der Waals surface area contributed by atoms with Crippen LogP contribution in [0.5, 0.6) is 11.5 Å². The lowest BCUT2D eigenvalue weighted by Crippen LogP contribution is -2.33. The predicted molar refractivity (Wildman–Crippen MR) is 101 cm³/mol. The van der Waals surface area contributed by atoms with Crippen LogP contribution in [-0.2, 0) is 14.8 Å². The first-order chi connectivity index (χ1) is 12.3. The van der Waals surface area contributed by atoms with Crippen LogP contribution in [-0.4, -0.2) is 41.3 Å². The molecule has 140 valence electrons. The number of ether oxygens (including phenoxy) is 2. The molecule has 2 aromatic carbocycles. The summed E-state index contributed by atoms with van der Waals surface area (Å²) < 4.78 is 35.6. The van der Waals surface area contributed by atoms with E-state index in [1.165, 1.54) is 18.5 Å². The molecule has 0 radical (unpaired) electrons. The van der Waals surface area contributed by atoms with Crippen molar-refractivity contribution < 1.29 is 22.7 Å². The molecule has 26 heavy (non-hydrogen) atoms. The molecule has 0 saturated heterocycles. The van der Waals surface area contributed by atoms with Gasteiger partial charge in [-0.25, -0.2) is 8.42 Å². The molecule has 0 heterocycles. The molecular weight excluding hydrogens is 356 g/mol. The van der Waals surface area contributed by atoms with E-state index in [2.05, 4.69) is 5.32 Å². The number of nitrogens with zero attached hydrogens (tertiary/aromatic N) is 1. The van der Waals surface area contributed by atoms with Gasteiger partial charge in [0.25, 0.3) is 0 Å². The van der Waals surface area contributed by atoms with E-state index in [-0.39, 0.29) is 18.9 Å². The zero-order valence-corrected chi connectivity index (χ0v) is 15.7. The molecule has 0 aliphatic rings. The Morgan fingerprint density at radius 3 is 2.27 bits per heavy atom. The lowest BCUT2D eigenvalue weighted by atomic mass is 10.2. The topological polar surface area (TPSA) is 84.9 Å². The van der Waals surface area contributed by atoms with Crippen LogP contribution in [0.3, 0.4) is 0 Å². The molecule has 1 N–H and O–H groups in total.